The van der Waals surface area contributed by atoms with Crippen LogP contribution < -0.4 is 4.74 Å². The molecule has 2 nitrogen and oxygen atoms in total. The zero-order valence-electron chi connectivity index (χ0n) is 11.4. The molecule has 0 N–H and O–H groups in total. The Morgan fingerprint density at radius 2 is 1.82 bits per heavy atom. The first-order valence-corrected chi connectivity index (χ1v) is 6.14. The maximum Gasteiger partial charge on any atom is 0.127 e. The van der Waals surface area contributed by atoms with E-state index in [1.54, 1.807) is 7.11 Å². The van der Waals surface area contributed by atoms with E-state index in [2.05, 4.69) is 39.8 Å². The highest BCUT2D eigenvalue weighted by molar-refractivity contribution is 5.65. The SMILES string of the molecule is COc1ccc(C(C)C)cc1C(C=O)C(C)C. The topological polar surface area (TPSA) is 26.3 Å². The zero-order chi connectivity index (χ0) is 13.0. The van der Waals surface area contributed by atoms with Gasteiger partial charge in [0.05, 0.1) is 7.11 Å². The van der Waals surface area contributed by atoms with Crippen molar-refractivity contribution in [1.82, 2.24) is 0 Å². The van der Waals surface area contributed by atoms with Crippen LogP contribution in [0.3, 0.4) is 0 Å². The highest BCUT2D eigenvalue weighted by atomic mass is 16.5. The summed E-state index contributed by atoms with van der Waals surface area (Å²) in [5, 5.41) is 0. The predicted molar refractivity (Wildman–Crippen MR) is 70.7 cm³/mol. The van der Waals surface area contributed by atoms with E-state index in [-0.39, 0.29) is 11.8 Å². The van der Waals surface area contributed by atoms with Gasteiger partial charge in [-0.2, -0.15) is 0 Å². The van der Waals surface area contributed by atoms with Gasteiger partial charge in [-0.05, 0) is 23.5 Å². The number of hydrogen-bond acceptors (Lipinski definition) is 2. The highest BCUT2D eigenvalue weighted by Crippen LogP contribution is 2.33. The van der Waals surface area contributed by atoms with E-state index in [1.165, 1.54) is 5.56 Å². The molecule has 0 fully saturated rings. The molecule has 1 atom stereocenters. The van der Waals surface area contributed by atoms with Crippen LogP contribution in [0, 0.1) is 5.92 Å². The maximum atomic E-state index is 11.2. The lowest BCUT2D eigenvalue weighted by atomic mass is 9.87. The summed E-state index contributed by atoms with van der Waals surface area (Å²) < 4.78 is 5.35. The molecule has 1 aromatic carbocycles. The molecule has 0 amide bonds. The van der Waals surface area contributed by atoms with Gasteiger partial charge in [0, 0.05) is 11.5 Å². The molecule has 1 rings (SSSR count). The van der Waals surface area contributed by atoms with Gasteiger partial charge in [0.25, 0.3) is 0 Å². The Kier molecular flexibility index (Phi) is 4.73. The molecule has 0 heterocycles. The van der Waals surface area contributed by atoms with Crippen LogP contribution in [0.25, 0.3) is 0 Å². The zero-order valence-corrected chi connectivity index (χ0v) is 11.4. The number of hydrogen-bond donors (Lipinski definition) is 0. The molecule has 2 heteroatoms. The van der Waals surface area contributed by atoms with Crippen LogP contribution in [0.2, 0.25) is 0 Å². The number of carbonyl (C=O) groups is 1. The quantitative estimate of drug-likeness (QED) is 0.725. The second kappa shape index (κ2) is 5.85. The summed E-state index contributed by atoms with van der Waals surface area (Å²) in [6, 6.07) is 6.13. The number of benzene rings is 1. The average molecular weight is 234 g/mol. The molecule has 0 bridgehead atoms. The van der Waals surface area contributed by atoms with E-state index in [0.717, 1.165) is 17.6 Å². The van der Waals surface area contributed by atoms with Gasteiger partial charge in [-0.25, -0.2) is 0 Å². The van der Waals surface area contributed by atoms with Gasteiger partial charge >= 0.3 is 0 Å². The molecular weight excluding hydrogens is 212 g/mol. The van der Waals surface area contributed by atoms with Gasteiger partial charge in [-0.3, -0.25) is 0 Å². The summed E-state index contributed by atoms with van der Waals surface area (Å²) in [7, 11) is 1.65. The Morgan fingerprint density at radius 1 is 1.18 bits per heavy atom. The van der Waals surface area contributed by atoms with Gasteiger partial charge < -0.3 is 9.53 Å². The molecule has 1 aromatic rings. The molecule has 1 unspecified atom stereocenters. The monoisotopic (exact) mass is 234 g/mol. The first kappa shape index (κ1) is 13.8. The number of methoxy groups -OCH3 is 1. The number of ether oxygens (including phenoxy) is 1. The summed E-state index contributed by atoms with van der Waals surface area (Å²) in [4.78, 5) is 11.2. The van der Waals surface area contributed by atoms with Crippen molar-refractivity contribution < 1.29 is 9.53 Å². The molecule has 0 radical (unpaired) electrons. The lowest BCUT2D eigenvalue weighted by Crippen LogP contribution is -2.10. The van der Waals surface area contributed by atoms with Crippen LogP contribution >= 0.6 is 0 Å². The summed E-state index contributed by atoms with van der Waals surface area (Å²) in [5.41, 5.74) is 2.25. The Balaban J connectivity index is 3.26. The first-order chi connectivity index (χ1) is 8.01. The molecule has 0 aliphatic carbocycles. The molecule has 0 aliphatic heterocycles. The Labute approximate surface area is 104 Å². The largest absolute Gasteiger partial charge is 0.496 e. The maximum absolute atomic E-state index is 11.2. The van der Waals surface area contributed by atoms with E-state index in [0.29, 0.717) is 5.92 Å². The van der Waals surface area contributed by atoms with Crippen LogP contribution in [-0.2, 0) is 4.79 Å². The predicted octanol–water partition coefficient (Wildman–Crippen LogP) is 3.76. The van der Waals surface area contributed by atoms with Crippen molar-refractivity contribution in [3.8, 4) is 5.75 Å². The second-order valence-corrected chi connectivity index (χ2v) is 5.06. The van der Waals surface area contributed by atoms with Crippen molar-refractivity contribution >= 4 is 6.29 Å². The summed E-state index contributed by atoms with van der Waals surface area (Å²) in [6.07, 6.45) is 1.02. The Morgan fingerprint density at radius 3 is 2.24 bits per heavy atom. The van der Waals surface area contributed by atoms with Crippen LogP contribution in [-0.4, -0.2) is 13.4 Å². The fourth-order valence-corrected chi connectivity index (χ4v) is 1.96. The van der Waals surface area contributed by atoms with Crippen molar-refractivity contribution in [2.24, 2.45) is 5.92 Å². The molecule has 0 saturated carbocycles. The number of carbonyl (C=O) groups excluding carboxylic acids is 1. The Hall–Kier alpha value is -1.31. The minimum Gasteiger partial charge on any atom is -0.496 e. The molecule has 0 saturated heterocycles. The van der Waals surface area contributed by atoms with Crippen LogP contribution in [0.1, 0.15) is 50.7 Å². The van der Waals surface area contributed by atoms with E-state index in [9.17, 15) is 4.79 Å². The molecule has 0 spiro atoms. The third kappa shape index (κ3) is 3.09. The van der Waals surface area contributed by atoms with Crippen molar-refractivity contribution in [1.29, 1.82) is 0 Å². The fourth-order valence-electron chi connectivity index (χ4n) is 1.96. The summed E-state index contributed by atoms with van der Waals surface area (Å²) in [6.45, 7) is 8.41. The number of rotatable bonds is 5. The van der Waals surface area contributed by atoms with Gasteiger partial charge in [0.15, 0.2) is 0 Å². The smallest absolute Gasteiger partial charge is 0.127 e. The minimum absolute atomic E-state index is 0.0938. The van der Waals surface area contributed by atoms with E-state index in [1.807, 2.05) is 6.07 Å². The average Bonchev–Trinajstić information content (AvgIpc) is 2.29. The standard InChI is InChI=1S/C15H22O2/c1-10(2)12-6-7-15(17-5)13(8-12)14(9-16)11(3)4/h6-11,14H,1-5H3. The van der Waals surface area contributed by atoms with Crippen LogP contribution in [0.5, 0.6) is 5.75 Å². The summed E-state index contributed by atoms with van der Waals surface area (Å²) in [5.74, 6) is 1.45. The van der Waals surface area contributed by atoms with Crippen molar-refractivity contribution in [2.45, 2.75) is 39.5 Å². The van der Waals surface area contributed by atoms with Gasteiger partial charge in [-0.15, -0.1) is 0 Å². The second-order valence-electron chi connectivity index (χ2n) is 5.06. The highest BCUT2D eigenvalue weighted by Gasteiger charge is 2.19. The fraction of sp³-hybridized carbons (Fsp3) is 0.533. The van der Waals surface area contributed by atoms with Crippen molar-refractivity contribution in [2.75, 3.05) is 7.11 Å². The first-order valence-electron chi connectivity index (χ1n) is 6.14. The molecule has 94 valence electrons. The molecule has 17 heavy (non-hydrogen) atoms. The van der Waals surface area contributed by atoms with Crippen LogP contribution in [0.15, 0.2) is 18.2 Å². The molecular formula is C15H22O2. The Bertz CT molecular complexity index is 381. The molecule has 0 aromatic heterocycles. The third-order valence-electron chi connectivity index (χ3n) is 3.14. The normalized spacial score (nSPS) is 12.9. The van der Waals surface area contributed by atoms with Gasteiger partial charge in [-0.1, -0.05) is 39.8 Å². The summed E-state index contributed by atoms with van der Waals surface area (Å²) >= 11 is 0. The van der Waals surface area contributed by atoms with E-state index >= 15 is 0 Å². The van der Waals surface area contributed by atoms with E-state index in [4.69, 9.17) is 4.74 Å². The molecule has 0 aliphatic rings. The van der Waals surface area contributed by atoms with Gasteiger partial charge in [0.1, 0.15) is 12.0 Å². The van der Waals surface area contributed by atoms with E-state index < -0.39 is 0 Å². The van der Waals surface area contributed by atoms with Crippen molar-refractivity contribution in [3.63, 3.8) is 0 Å². The van der Waals surface area contributed by atoms with Crippen LogP contribution in [0.4, 0.5) is 0 Å². The lowest BCUT2D eigenvalue weighted by molar-refractivity contribution is -0.109. The minimum atomic E-state index is -0.0938. The van der Waals surface area contributed by atoms with Crippen molar-refractivity contribution in [3.05, 3.63) is 29.3 Å². The van der Waals surface area contributed by atoms with Gasteiger partial charge in [0.2, 0.25) is 0 Å². The number of aldehydes is 1. The lowest BCUT2D eigenvalue weighted by Gasteiger charge is -2.19. The third-order valence-corrected chi connectivity index (χ3v) is 3.14.